The highest BCUT2D eigenvalue weighted by molar-refractivity contribution is 6.14. The molecule has 2 aliphatic heterocycles. The van der Waals surface area contributed by atoms with Crippen LogP contribution < -0.4 is 4.90 Å². The van der Waals surface area contributed by atoms with Gasteiger partial charge >= 0.3 is 5.92 Å². The maximum Gasteiger partial charge on any atom is 0.344 e. The van der Waals surface area contributed by atoms with Gasteiger partial charge in [-0.2, -0.15) is 8.78 Å². The molecule has 0 N–H and O–H groups in total. The zero-order valence-corrected chi connectivity index (χ0v) is 12.1. The quantitative estimate of drug-likeness (QED) is 0.792. The summed E-state index contributed by atoms with van der Waals surface area (Å²) in [6, 6.07) is 6.07. The van der Waals surface area contributed by atoms with Crippen LogP contribution >= 0.6 is 0 Å². The number of para-hydroxylation sites is 1. The standard InChI is InChI=1S/C15H16F2N2O2/c1-9(2)19-8-14(15(16,17)13(19)21)10-6-4-5-7-11(10)18(3)12(14)20/h4-7,9H,8H2,1-3H3. The zero-order chi connectivity index (χ0) is 15.6. The van der Waals surface area contributed by atoms with Gasteiger partial charge in [-0.1, -0.05) is 18.2 Å². The smallest absolute Gasteiger partial charge is 0.333 e. The largest absolute Gasteiger partial charge is 0.344 e. The third-order valence-corrected chi connectivity index (χ3v) is 4.49. The van der Waals surface area contributed by atoms with Gasteiger partial charge in [0.1, 0.15) is 0 Å². The number of nitrogens with zero attached hydrogens (tertiary/aromatic N) is 2. The van der Waals surface area contributed by atoms with Crippen LogP contribution in [0.4, 0.5) is 14.5 Å². The number of halogens is 2. The SMILES string of the molecule is CC(C)N1CC2(C(=O)N(C)c3ccccc32)C(F)(F)C1=O. The Kier molecular flexibility index (Phi) is 2.68. The number of carbonyl (C=O) groups excluding carboxylic acids is 2. The molecule has 1 spiro atoms. The molecule has 21 heavy (non-hydrogen) atoms. The molecular formula is C15H16F2N2O2. The predicted molar refractivity (Wildman–Crippen MR) is 73.3 cm³/mol. The second-order valence-electron chi connectivity index (χ2n) is 5.89. The Labute approximate surface area is 121 Å². The number of amides is 2. The lowest BCUT2D eigenvalue weighted by Gasteiger charge is -2.27. The van der Waals surface area contributed by atoms with Gasteiger partial charge < -0.3 is 9.80 Å². The number of likely N-dealkylation sites (tertiary alicyclic amines) is 1. The Morgan fingerprint density at radius 3 is 2.33 bits per heavy atom. The van der Waals surface area contributed by atoms with Gasteiger partial charge in [0, 0.05) is 25.3 Å². The number of rotatable bonds is 1. The van der Waals surface area contributed by atoms with E-state index in [2.05, 4.69) is 0 Å². The normalized spacial score (nSPS) is 27.1. The van der Waals surface area contributed by atoms with Crippen molar-refractivity contribution >= 4 is 17.5 Å². The lowest BCUT2D eigenvalue weighted by molar-refractivity contribution is -0.157. The average molecular weight is 294 g/mol. The molecule has 1 saturated heterocycles. The molecule has 0 aromatic heterocycles. The van der Waals surface area contributed by atoms with Crippen LogP contribution in [-0.4, -0.2) is 42.3 Å². The van der Waals surface area contributed by atoms with Gasteiger partial charge in [0.05, 0.1) is 0 Å². The molecule has 1 unspecified atom stereocenters. The van der Waals surface area contributed by atoms with Crippen LogP contribution in [0.3, 0.4) is 0 Å². The van der Waals surface area contributed by atoms with Crippen LogP contribution in [0.25, 0.3) is 0 Å². The first-order valence-corrected chi connectivity index (χ1v) is 6.81. The second kappa shape index (κ2) is 4.02. The van der Waals surface area contributed by atoms with E-state index in [0.717, 1.165) is 4.90 Å². The molecule has 0 radical (unpaired) electrons. The van der Waals surface area contributed by atoms with E-state index in [0.29, 0.717) is 5.69 Å². The average Bonchev–Trinajstić information content (AvgIpc) is 2.79. The number of hydrogen-bond acceptors (Lipinski definition) is 2. The summed E-state index contributed by atoms with van der Waals surface area (Å²) in [5.41, 5.74) is -1.42. The summed E-state index contributed by atoms with van der Waals surface area (Å²) in [7, 11) is 1.47. The Balaban J connectivity index is 2.26. The molecule has 3 rings (SSSR count). The molecule has 4 nitrogen and oxygen atoms in total. The van der Waals surface area contributed by atoms with Gasteiger partial charge in [-0.05, 0) is 25.5 Å². The third kappa shape index (κ3) is 1.42. The van der Waals surface area contributed by atoms with Crippen LogP contribution in [0.15, 0.2) is 24.3 Å². The predicted octanol–water partition coefficient (Wildman–Crippen LogP) is 1.79. The molecule has 1 fully saturated rings. The highest BCUT2D eigenvalue weighted by atomic mass is 19.3. The van der Waals surface area contributed by atoms with E-state index < -0.39 is 23.2 Å². The number of benzene rings is 1. The molecule has 0 bridgehead atoms. The minimum Gasteiger partial charge on any atom is -0.333 e. The highest BCUT2D eigenvalue weighted by Gasteiger charge is 2.74. The fraction of sp³-hybridized carbons (Fsp3) is 0.467. The van der Waals surface area contributed by atoms with Crippen molar-refractivity contribution in [2.75, 3.05) is 18.5 Å². The lowest BCUT2D eigenvalue weighted by Crippen LogP contribution is -2.52. The summed E-state index contributed by atoms with van der Waals surface area (Å²) >= 11 is 0. The Hall–Kier alpha value is -1.98. The van der Waals surface area contributed by atoms with Gasteiger partial charge in [-0.3, -0.25) is 9.59 Å². The summed E-state index contributed by atoms with van der Waals surface area (Å²) < 4.78 is 29.5. The van der Waals surface area contributed by atoms with Crippen LogP contribution in [0.1, 0.15) is 19.4 Å². The van der Waals surface area contributed by atoms with Gasteiger partial charge in [0.25, 0.3) is 5.91 Å². The van der Waals surface area contributed by atoms with Crippen molar-refractivity contribution in [3.63, 3.8) is 0 Å². The second-order valence-corrected chi connectivity index (χ2v) is 5.89. The summed E-state index contributed by atoms with van der Waals surface area (Å²) in [5, 5.41) is 0. The number of likely N-dealkylation sites (N-methyl/N-ethyl adjacent to an activating group) is 1. The van der Waals surface area contributed by atoms with Crippen LogP contribution in [-0.2, 0) is 15.0 Å². The first kappa shape index (κ1) is 14.0. The minimum atomic E-state index is -3.73. The Morgan fingerprint density at radius 1 is 1.14 bits per heavy atom. The molecule has 0 aliphatic carbocycles. The zero-order valence-electron chi connectivity index (χ0n) is 12.1. The van der Waals surface area contributed by atoms with E-state index in [-0.39, 0.29) is 18.2 Å². The third-order valence-electron chi connectivity index (χ3n) is 4.49. The van der Waals surface area contributed by atoms with Crippen LogP contribution in [0.2, 0.25) is 0 Å². The molecule has 112 valence electrons. The number of alkyl halides is 2. The molecule has 2 amide bonds. The summed E-state index contributed by atoms with van der Waals surface area (Å²) in [4.78, 5) is 27.0. The van der Waals surface area contributed by atoms with Crippen molar-refractivity contribution in [1.82, 2.24) is 4.90 Å². The molecule has 2 aliphatic rings. The maximum atomic E-state index is 14.8. The van der Waals surface area contributed by atoms with E-state index >= 15 is 0 Å². The fourth-order valence-electron chi connectivity index (χ4n) is 3.30. The van der Waals surface area contributed by atoms with Crippen molar-refractivity contribution in [1.29, 1.82) is 0 Å². The number of fused-ring (bicyclic) bond motifs is 2. The van der Waals surface area contributed by atoms with E-state index in [1.54, 1.807) is 32.0 Å². The molecule has 1 aromatic carbocycles. The molecule has 1 aromatic rings. The molecule has 2 heterocycles. The maximum absolute atomic E-state index is 14.8. The summed E-state index contributed by atoms with van der Waals surface area (Å²) in [6.45, 7) is 3.06. The van der Waals surface area contributed by atoms with Gasteiger partial charge in [0.2, 0.25) is 5.91 Å². The lowest BCUT2D eigenvalue weighted by atomic mass is 9.78. The first-order valence-electron chi connectivity index (χ1n) is 6.81. The summed E-state index contributed by atoms with van der Waals surface area (Å²) in [5.74, 6) is -5.71. The van der Waals surface area contributed by atoms with Crippen LogP contribution in [0, 0.1) is 0 Å². The van der Waals surface area contributed by atoms with Crippen molar-refractivity contribution in [2.24, 2.45) is 0 Å². The fourth-order valence-corrected chi connectivity index (χ4v) is 3.30. The summed E-state index contributed by atoms with van der Waals surface area (Å²) in [6.07, 6.45) is 0. The van der Waals surface area contributed by atoms with Crippen LogP contribution in [0.5, 0.6) is 0 Å². The topological polar surface area (TPSA) is 40.6 Å². The van der Waals surface area contributed by atoms with E-state index in [1.165, 1.54) is 18.0 Å². The van der Waals surface area contributed by atoms with Gasteiger partial charge in [0.15, 0.2) is 5.41 Å². The monoisotopic (exact) mass is 294 g/mol. The highest BCUT2D eigenvalue weighted by Crippen LogP contribution is 2.54. The van der Waals surface area contributed by atoms with Crippen molar-refractivity contribution in [3.05, 3.63) is 29.8 Å². The number of carbonyl (C=O) groups is 2. The molecule has 6 heteroatoms. The van der Waals surface area contributed by atoms with Crippen molar-refractivity contribution in [3.8, 4) is 0 Å². The first-order chi connectivity index (χ1) is 9.75. The van der Waals surface area contributed by atoms with Crippen molar-refractivity contribution < 1.29 is 18.4 Å². The van der Waals surface area contributed by atoms with Crippen molar-refractivity contribution in [2.45, 2.75) is 31.2 Å². The molecular weight excluding hydrogens is 278 g/mol. The number of hydrogen-bond donors (Lipinski definition) is 0. The van der Waals surface area contributed by atoms with Gasteiger partial charge in [-0.25, -0.2) is 0 Å². The Morgan fingerprint density at radius 2 is 1.76 bits per heavy atom. The van der Waals surface area contributed by atoms with E-state index in [1.807, 2.05) is 0 Å². The minimum absolute atomic E-state index is 0.235. The van der Waals surface area contributed by atoms with Gasteiger partial charge in [-0.15, -0.1) is 0 Å². The Bertz CT molecular complexity index is 644. The molecule has 0 saturated carbocycles. The number of anilines is 1. The van der Waals surface area contributed by atoms with E-state index in [4.69, 9.17) is 0 Å². The molecule has 1 atom stereocenters. The van der Waals surface area contributed by atoms with E-state index in [9.17, 15) is 18.4 Å².